The van der Waals surface area contributed by atoms with E-state index in [1.54, 1.807) is 0 Å². The molecule has 1 aromatic rings. The molecule has 2 N–H and O–H groups in total. The predicted octanol–water partition coefficient (Wildman–Crippen LogP) is 4.62. The molecule has 0 radical (unpaired) electrons. The van der Waals surface area contributed by atoms with Crippen LogP contribution in [-0.4, -0.2) is 11.2 Å². The fourth-order valence-electron chi connectivity index (χ4n) is 2.62. The van der Waals surface area contributed by atoms with Gasteiger partial charge in [0.1, 0.15) is 0 Å². The number of hydrogen-bond acceptors (Lipinski definition) is 1. The molecule has 0 aliphatic heterocycles. The van der Waals surface area contributed by atoms with Crippen LogP contribution in [0.5, 0.6) is 0 Å². The molecule has 0 unspecified atom stereocenters. The Balaban J connectivity index is 1.93. The van der Waals surface area contributed by atoms with Gasteiger partial charge in [-0.15, -0.1) is 0 Å². The normalized spacial score (nSPS) is 22.9. The van der Waals surface area contributed by atoms with Gasteiger partial charge in [-0.1, -0.05) is 35.7 Å². The van der Waals surface area contributed by atoms with Crippen molar-refractivity contribution < 1.29 is 0 Å². The van der Waals surface area contributed by atoms with Gasteiger partial charge in [0.2, 0.25) is 0 Å². The van der Waals surface area contributed by atoms with E-state index in [0.717, 1.165) is 15.3 Å². The Morgan fingerprint density at radius 2 is 2.05 bits per heavy atom. The molecule has 0 spiro atoms. The van der Waals surface area contributed by atoms with Crippen LogP contribution in [0.3, 0.4) is 0 Å². The highest BCUT2D eigenvalue weighted by molar-refractivity contribution is 9.10. The summed E-state index contributed by atoms with van der Waals surface area (Å²) in [5.41, 5.74) is 2.26. The maximum Gasteiger partial charge on any atom is 0.171 e. The summed E-state index contributed by atoms with van der Waals surface area (Å²) in [4.78, 5) is 0. The van der Waals surface area contributed by atoms with E-state index < -0.39 is 0 Å². The molecule has 0 aromatic heterocycles. The predicted molar refractivity (Wildman–Crippen MR) is 89.7 cm³/mol. The van der Waals surface area contributed by atoms with Crippen molar-refractivity contribution in [1.29, 1.82) is 0 Å². The van der Waals surface area contributed by atoms with Crippen molar-refractivity contribution in [2.24, 2.45) is 5.92 Å². The highest BCUT2D eigenvalue weighted by atomic mass is 79.9. The lowest BCUT2D eigenvalue weighted by Crippen LogP contribution is -2.43. The molecule has 0 amide bonds. The molecule has 1 aliphatic carbocycles. The van der Waals surface area contributed by atoms with Gasteiger partial charge in [-0.3, -0.25) is 0 Å². The molecule has 2 rings (SSSR count). The van der Waals surface area contributed by atoms with Crippen molar-refractivity contribution in [3.8, 4) is 0 Å². The quantitative estimate of drug-likeness (QED) is 0.768. The summed E-state index contributed by atoms with van der Waals surface area (Å²) in [6.45, 7) is 4.39. The van der Waals surface area contributed by atoms with Crippen LogP contribution in [0.15, 0.2) is 22.7 Å². The molecule has 0 bridgehead atoms. The molecule has 1 aliphatic rings. The van der Waals surface area contributed by atoms with Gasteiger partial charge in [0.25, 0.3) is 0 Å². The van der Waals surface area contributed by atoms with E-state index in [2.05, 4.69) is 52.5 Å². The van der Waals surface area contributed by atoms with E-state index in [0.29, 0.717) is 12.0 Å². The molecular formula is C15H21BrN2S. The number of anilines is 1. The van der Waals surface area contributed by atoms with Crippen LogP contribution in [-0.2, 0) is 0 Å². The lowest BCUT2D eigenvalue weighted by molar-refractivity contribution is 0.309. The lowest BCUT2D eigenvalue weighted by Gasteiger charge is -2.30. The minimum Gasteiger partial charge on any atom is -0.359 e. The maximum atomic E-state index is 5.43. The monoisotopic (exact) mass is 340 g/mol. The summed E-state index contributed by atoms with van der Waals surface area (Å²) in [7, 11) is 0. The molecule has 4 heteroatoms. The minimum absolute atomic E-state index is 0.518. The van der Waals surface area contributed by atoms with E-state index in [1.807, 2.05) is 6.07 Å². The number of halogens is 1. The summed E-state index contributed by atoms with van der Waals surface area (Å²) >= 11 is 8.90. The third-order valence-electron chi connectivity index (χ3n) is 3.86. The number of rotatable bonds is 2. The first kappa shape index (κ1) is 14.8. The smallest absolute Gasteiger partial charge is 0.171 e. The van der Waals surface area contributed by atoms with Crippen molar-refractivity contribution in [3.63, 3.8) is 0 Å². The van der Waals surface area contributed by atoms with Gasteiger partial charge in [-0.2, -0.15) is 0 Å². The first-order valence-corrected chi connectivity index (χ1v) is 8.10. The van der Waals surface area contributed by atoms with Crippen LogP contribution >= 0.6 is 28.1 Å². The second-order valence-corrected chi connectivity index (χ2v) is 6.75. The molecule has 2 atom stereocenters. The fourth-order valence-corrected chi connectivity index (χ4v) is 3.36. The van der Waals surface area contributed by atoms with E-state index in [1.165, 1.54) is 31.2 Å². The molecule has 2 nitrogen and oxygen atoms in total. The number of benzene rings is 1. The van der Waals surface area contributed by atoms with E-state index in [-0.39, 0.29) is 0 Å². The Morgan fingerprint density at radius 3 is 2.74 bits per heavy atom. The average Bonchev–Trinajstić information content (AvgIpc) is 2.36. The molecule has 0 saturated heterocycles. The molecule has 19 heavy (non-hydrogen) atoms. The second-order valence-electron chi connectivity index (χ2n) is 5.43. The Kier molecular flexibility index (Phi) is 5.22. The largest absolute Gasteiger partial charge is 0.359 e. The minimum atomic E-state index is 0.518. The number of hydrogen-bond donors (Lipinski definition) is 2. The van der Waals surface area contributed by atoms with Crippen LogP contribution in [0, 0.1) is 12.8 Å². The van der Waals surface area contributed by atoms with Crippen molar-refractivity contribution in [2.75, 3.05) is 5.32 Å². The Bertz CT molecular complexity index is 461. The topological polar surface area (TPSA) is 24.1 Å². The Labute approximate surface area is 129 Å². The van der Waals surface area contributed by atoms with Gasteiger partial charge in [0.15, 0.2) is 5.11 Å². The van der Waals surface area contributed by atoms with Crippen LogP contribution in [0.2, 0.25) is 0 Å². The average molecular weight is 341 g/mol. The summed E-state index contributed by atoms with van der Waals surface area (Å²) in [5, 5.41) is 7.51. The van der Waals surface area contributed by atoms with Crippen LogP contribution in [0.25, 0.3) is 0 Å². The van der Waals surface area contributed by atoms with Gasteiger partial charge < -0.3 is 10.6 Å². The van der Waals surface area contributed by atoms with Crippen molar-refractivity contribution in [2.45, 2.75) is 45.6 Å². The zero-order valence-corrected chi connectivity index (χ0v) is 13.9. The SMILES string of the molecule is Cc1cc(Br)ccc1NC(=S)N[C@H]1CCCC[C@@H]1C. The summed E-state index contributed by atoms with van der Waals surface area (Å²) in [6, 6.07) is 6.69. The number of nitrogens with one attached hydrogen (secondary N) is 2. The summed E-state index contributed by atoms with van der Waals surface area (Å²) < 4.78 is 1.09. The van der Waals surface area contributed by atoms with Gasteiger partial charge in [0.05, 0.1) is 0 Å². The first-order valence-electron chi connectivity index (χ1n) is 6.90. The van der Waals surface area contributed by atoms with Gasteiger partial charge in [-0.05, 0) is 61.7 Å². The molecule has 1 aromatic carbocycles. The van der Waals surface area contributed by atoms with Crippen molar-refractivity contribution in [3.05, 3.63) is 28.2 Å². The van der Waals surface area contributed by atoms with Gasteiger partial charge in [-0.25, -0.2) is 0 Å². The third-order valence-corrected chi connectivity index (χ3v) is 4.58. The second kappa shape index (κ2) is 6.71. The Hall–Kier alpha value is -0.610. The van der Waals surface area contributed by atoms with E-state index >= 15 is 0 Å². The lowest BCUT2D eigenvalue weighted by atomic mass is 9.86. The zero-order chi connectivity index (χ0) is 13.8. The van der Waals surface area contributed by atoms with Crippen molar-refractivity contribution in [1.82, 2.24) is 5.32 Å². The highest BCUT2D eigenvalue weighted by Crippen LogP contribution is 2.24. The molecule has 104 valence electrons. The van der Waals surface area contributed by atoms with Crippen LogP contribution in [0.4, 0.5) is 5.69 Å². The molecule has 0 heterocycles. The first-order chi connectivity index (χ1) is 9.06. The van der Waals surface area contributed by atoms with Crippen LogP contribution < -0.4 is 10.6 Å². The molecule has 1 fully saturated rings. The molecule has 1 saturated carbocycles. The van der Waals surface area contributed by atoms with Crippen molar-refractivity contribution >= 4 is 38.9 Å². The van der Waals surface area contributed by atoms with Gasteiger partial charge >= 0.3 is 0 Å². The number of thiocarbonyl (C=S) groups is 1. The van der Waals surface area contributed by atoms with Crippen LogP contribution in [0.1, 0.15) is 38.2 Å². The standard InChI is InChI=1S/C15H21BrN2S/c1-10-5-3-4-6-13(10)17-15(19)18-14-8-7-12(16)9-11(14)2/h7-10,13H,3-6H2,1-2H3,(H2,17,18,19)/t10-,13-/m0/s1. The van der Waals surface area contributed by atoms with E-state index in [9.17, 15) is 0 Å². The fraction of sp³-hybridized carbons (Fsp3) is 0.533. The summed E-state index contributed by atoms with van der Waals surface area (Å²) in [5.74, 6) is 0.708. The molecular weight excluding hydrogens is 320 g/mol. The zero-order valence-electron chi connectivity index (χ0n) is 11.5. The van der Waals surface area contributed by atoms with E-state index in [4.69, 9.17) is 12.2 Å². The van der Waals surface area contributed by atoms with Gasteiger partial charge in [0, 0.05) is 16.2 Å². The maximum absolute atomic E-state index is 5.43. The highest BCUT2D eigenvalue weighted by Gasteiger charge is 2.21. The number of aryl methyl sites for hydroxylation is 1. The Morgan fingerprint density at radius 1 is 1.32 bits per heavy atom. The summed E-state index contributed by atoms with van der Waals surface area (Å²) in [6.07, 6.45) is 5.19. The third kappa shape index (κ3) is 4.18.